The monoisotopic (exact) mass is 296 g/mol. The lowest BCUT2D eigenvalue weighted by atomic mass is 10.1. The summed E-state index contributed by atoms with van der Waals surface area (Å²) in [6.45, 7) is 1.99. The first kappa shape index (κ1) is 14.4. The topological polar surface area (TPSA) is 108 Å². The van der Waals surface area contributed by atoms with Gasteiger partial charge in [0.1, 0.15) is 5.56 Å². The molecular weight excluding hydrogens is 284 g/mol. The van der Waals surface area contributed by atoms with Crippen LogP contribution >= 0.6 is 11.6 Å². The number of nitrogens with two attached hydrogens (primary N) is 1. The van der Waals surface area contributed by atoms with Crippen molar-refractivity contribution < 1.29 is 9.45 Å². The van der Waals surface area contributed by atoms with Gasteiger partial charge in [-0.1, -0.05) is 36.2 Å². The molecule has 1 aromatic carbocycles. The van der Waals surface area contributed by atoms with Crippen molar-refractivity contribution in [2.24, 2.45) is 5.73 Å². The molecule has 2 rings (SSSR count). The van der Waals surface area contributed by atoms with Gasteiger partial charge in [-0.3, -0.25) is 10.1 Å². The number of aromatic nitrogens is 2. The van der Waals surface area contributed by atoms with Gasteiger partial charge in [0.05, 0.1) is 16.0 Å². The fourth-order valence-electron chi connectivity index (χ4n) is 1.80. The second-order valence-corrected chi connectivity index (χ2v) is 4.65. The van der Waals surface area contributed by atoms with Crippen LogP contribution in [0.5, 0.6) is 0 Å². The highest BCUT2D eigenvalue weighted by Crippen LogP contribution is 2.35. The fraction of sp³-hybridized carbons (Fsp3) is 0.333. The van der Waals surface area contributed by atoms with Crippen molar-refractivity contribution in [2.75, 3.05) is 0 Å². The zero-order valence-corrected chi connectivity index (χ0v) is 11.5. The molecule has 0 fully saturated rings. The van der Waals surface area contributed by atoms with Gasteiger partial charge in [-0.15, -0.1) is 0 Å². The molecule has 0 saturated heterocycles. The molecule has 0 radical (unpaired) electrons. The molecule has 0 spiro atoms. The Morgan fingerprint density at radius 1 is 1.55 bits per heavy atom. The molecule has 0 aliphatic carbocycles. The SMILES string of the molecule is CCCC(N)c1noc(-c2c(Cl)cccc2[N+](=O)[O-])n1. The lowest BCUT2D eigenvalue weighted by molar-refractivity contribution is -0.384. The Labute approximate surface area is 119 Å². The van der Waals surface area contributed by atoms with Crippen LogP contribution in [0.15, 0.2) is 22.7 Å². The van der Waals surface area contributed by atoms with Gasteiger partial charge in [-0.05, 0) is 12.5 Å². The first-order valence-corrected chi connectivity index (χ1v) is 6.44. The second-order valence-electron chi connectivity index (χ2n) is 4.24. The minimum atomic E-state index is -0.545. The van der Waals surface area contributed by atoms with E-state index in [1.807, 2.05) is 6.92 Å². The van der Waals surface area contributed by atoms with Crippen molar-refractivity contribution in [3.8, 4) is 11.5 Å². The maximum Gasteiger partial charge on any atom is 0.283 e. The van der Waals surface area contributed by atoms with Crippen molar-refractivity contribution >= 4 is 17.3 Å². The van der Waals surface area contributed by atoms with Gasteiger partial charge in [0, 0.05) is 6.07 Å². The summed E-state index contributed by atoms with van der Waals surface area (Å²) in [5.41, 5.74) is 5.81. The van der Waals surface area contributed by atoms with Crippen molar-refractivity contribution in [2.45, 2.75) is 25.8 Å². The summed E-state index contributed by atoms with van der Waals surface area (Å²) >= 11 is 5.99. The van der Waals surface area contributed by atoms with E-state index in [1.54, 1.807) is 0 Å². The minimum absolute atomic E-state index is 0.00357. The first-order chi connectivity index (χ1) is 9.54. The van der Waals surface area contributed by atoms with E-state index in [9.17, 15) is 10.1 Å². The summed E-state index contributed by atoms with van der Waals surface area (Å²) in [4.78, 5) is 14.6. The molecule has 0 amide bonds. The van der Waals surface area contributed by atoms with Crippen LogP contribution in [0.2, 0.25) is 5.02 Å². The van der Waals surface area contributed by atoms with Crippen molar-refractivity contribution in [3.05, 3.63) is 39.2 Å². The maximum atomic E-state index is 11.0. The fourth-order valence-corrected chi connectivity index (χ4v) is 2.05. The number of halogens is 1. The lowest BCUT2D eigenvalue weighted by Gasteiger charge is -2.02. The lowest BCUT2D eigenvalue weighted by Crippen LogP contribution is -2.11. The van der Waals surface area contributed by atoms with E-state index in [0.717, 1.165) is 6.42 Å². The molecule has 8 heteroatoms. The number of benzene rings is 1. The smallest absolute Gasteiger partial charge is 0.283 e. The predicted octanol–water partition coefficient (Wildman–Crippen LogP) is 3.10. The third-order valence-electron chi connectivity index (χ3n) is 2.78. The molecule has 0 bridgehead atoms. The highest BCUT2D eigenvalue weighted by atomic mass is 35.5. The highest BCUT2D eigenvalue weighted by Gasteiger charge is 2.24. The van der Waals surface area contributed by atoms with Gasteiger partial charge < -0.3 is 10.3 Å². The van der Waals surface area contributed by atoms with Crippen LogP contribution in [0, 0.1) is 10.1 Å². The Balaban J connectivity index is 2.45. The van der Waals surface area contributed by atoms with E-state index in [2.05, 4.69) is 10.1 Å². The van der Waals surface area contributed by atoms with E-state index < -0.39 is 4.92 Å². The Morgan fingerprint density at radius 2 is 2.30 bits per heavy atom. The van der Waals surface area contributed by atoms with Gasteiger partial charge in [0.15, 0.2) is 5.82 Å². The van der Waals surface area contributed by atoms with Crippen molar-refractivity contribution in [3.63, 3.8) is 0 Å². The molecular formula is C12H13ClN4O3. The number of nitro benzene ring substituents is 1. The van der Waals surface area contributed by atoms with Crippen molar-refractivity contribution in [1.82, 2.24) is 10.1 Å². The first-order valence-electron chi connectivity index (χ1n) is 6.07. The molecule has 0 aliphatic heterocycles. The molecule has 1 heterocycles. The zero-order valence-electron chi connectivity index (χ0n) is 10.7. The third kappa shape index (κ3) is 2.78. The van der Waals surface area contributed by atoms with Gasteiger partial charge >= 0.3 is 0 Å². The number of nitro groups is 1. The predicted molar refractivity (Wildman–Crippen MR) is 73.2 cm³/mol. The summed E-state index contributed by atoms with van der Waals surface area (Å²) in [7, 11) is 0. The summed E-state index contributed by atoms with van der Waals surface area (Å²) in [6.07, 6.45) is 1.57. The van der Waals surface area contributed by atoms with Crippen LogP contribution in [0.4, 0.5) is 5.69 Å². The molecule has 7 nitrogen and oxygen atoms in total. The van der Waals surface area contributed by atoms with Crippen LogP contribution in [0.3, 0.4) is 0 Å². The molecule has 1 atom stereocenters. The Bertz CT molecular complexity index is 629. The third-order valence-corrected chi connectivity index (χ3v) is 3.09. The normalized spacial score (nSPS) is 12.3. The van der Waals surface area contributed by atoms with Crippen LogP contribution in [0.25, 0.3) is 11.5 Å². The summed E-state index contributed by atoms with van der Waals surface area (Å²) in [5, 5.41) is 15.0. The maximum absolute atomic E-state index is 11.0. The van der Waals surface area contributed by atoms with E-state index in [0.29, 0.717) is 12.2 Å². The number of nitrogens with zero attached hydrogens (tertiary/aromatic N) is 3. The van der Waals surface area contributed by atoms with Crippen molar-refractivity contribution in [1.29, 1.82) is 0 Å². The van der Waals surface area contributed by atoms with Gasteiger partial charge in [0.25, 0.3) is 11.6 Å². The number of hydrogen-bond donors (Lipinski definition) is 1. The van der Waals surface area contributed by atoms with Crippen LogP contribution < -0.4 is 5.73 Å². The van der Waals surface area contributed by atoms with Crippen LogP contribution in [-0.2, 0) is 0 Å². The number of rotatable bonds is 5. The Kier molecular flexibility index (Phi) is 4.31. The van der Waals surface area contributed by atoms with Crippen LogP contribution in [0.1, 0.15) is 31.6 Å². The van der Waals surface area contributed by atoms with Crippen LogP contribution in [-0.4, -0.2) is 15.1 Å². The van der Waals surface area contributed by atoms with E-state index in [4.69, 9.17) is 21.9 Å². The molecule has 2 aromatic rings. The second kappa shape index (κ2) is 5.98. The van der Waals surface area contributed by atoms with E-state index >= 15 is 0 Å². The zero-order chi connectivity index (χ0) is 14.7. The largest absolute Gasteiger partial charge is 0.334 e. The van der Waals surface area contributed by atoms with Gasteiger partial charge in [-0.2, -0.15) is 4.98 Å². The summed E-state index contributed by atoms with van der Waals surface area (Å²) in [6, 6.07) is 3.99. The average molecular weight is 297 g/mol. The molecule has 106 valence electrons. The minimum Gasteiger partial charge on any atom is -0.334 e. The van der Waals surface area contributed by atoms with Gasteiger partial charge in [-0.25, -0.2) is 0 Å². The average Bonchev–Trinajstić information content (AvgIpc) is 2.88. The van der Waals surface area contributed by atoms with E-state index in [1.165, 1.54) is 18.2 Å². The standard InChI is InChI=1S/C12H13ClN4O3/c1-2-4-8(14)11-15-12(20-16-11)10-7(13)5-3-6-9(10)17(18)19/h3,5-6,8H,2,4,14H2,1H3. The van der Waals surface area contributed by atoms with E-state index in [-0.39, 0.29) is 28.2 Å². The molecule has 1 unspecified atom stereocenters. The summed E-state index contributed by atoms with van der Waals surface area (Å²) in [5.74, 6) is 0.319. The Hall–Kier alpha value is -1.99. The highest BCUT2D eigenvalue weighted by molar-refractivity contribution is 6.33. The molecule has 1 aromatic heterocycles. The van der Waals surface area contributed by atoms with Gasteiger partial charge in [0.2, 0.25) is 0 Å². The molecule has 0 aliphatic rings. The number of hydrogen-bond acceptors (Lipinski definition) is 6. The molecule has 20 heavy (non-hydrogen) atoms. The quantitative estimate of drug-likeness (QED) is 0.671. The summed E-state index contributed by atoms with van der Waals surface area (Å²) < 4.78 is 5.06. The molecule has 0 saturated carbocycles. The molecule has 2 N–H and O–H groups in total. The Morgan fingerprint density at radius 3 is 2.95 bits per heavy atom.